The van der Waals surface area contributed by atoms with Crippen molar-refractivity contribution in [1.29, 1.82) is 0 Å². The molecule has 2 aliphatic rings. The van der Waals surface area contributed by atoms with Gasteiger partial charge >= 0.3 is 0 Å². The summed E-state index contributed by atoms with van der Waals surface area (Å²) in [5, 5.41) is 0. The molecule has 1 saturated carbocycles. The molecule has 2 unspecified atom stereocenters. The Morgan fingerprint density at radius 1 is 1.26 bits per heavy atom. The summed E-state index contributed by atoms with van der Waals surface area (Å²) in [5.74, 6) is 0.344. The Balaban J connectivity index is 0.00000272. The summed E-state index contributed by atoms with van der Waals surface area (Å²) in [6, 6.07) is 6.46. The van der Waals surface area contributed by atoms with E-state index >= 15 is 0 Å². The van der Waals surface area contributed by atoms with E-state index in [9.17, 15) is 14.0 Å². The van der Waals surface area contributed by atoms with Crippen LogP contribution in [0.5, 0.6) is 0 Å². The lowest BCUT2D eigenvalue weighted by molar-refractivity contribution is -0.126. The standard InChI is InChI=1S/C28H35FO2.2H2/c1-17(2)28(6)15-19(4)25(27(31)16-28)14-22-10-11-24(20(22)5)26(30)12-18(3)21-8-7-9-23(29)13-21;;/h7-11,13,17-18,20,25H,4,12,14-16H2,1-3,5-6H3;2*1H/t18-,20?,25?,28+;;/m1../s1. The third kappa shape index (κ3) is 4.97. The lowest BCUT2D eigenvalue weighted by Gasteiger charge is -2.41. The van der Waals surface area contributed by atoms with Gasteiger partial charge in [0, 0.05) is 33.1 Å². The number of carbonyl (C=O) groups excluding carboxylic acids is 2. The second-order valence-corrected chi connectivity index (χ2v) is 10.2. The molecule has 0 amide bonds. The van der Waals surface area contributed by atoms with E-state index in [1.54, 1.807) is 6.07 Å². The van der Waals surface area contributed by atoms with E-state index in [4.69, 9.17) is 0 Å². The number of hydrogen-bond acceptors (Lipinski definition) is 2. The summed E-state index contributed by atoms with van der Waals surface area (Å²) in [4.78, 5) is 25.9. The molecule has 0 spiro atoms. The van der Waals surface area contributed by atoms with Crippen molar-refractivity contribution < 1.29 is 16.8 Å². The van der Waals surface area contributed by atoms with Crippen LogP contribution in [0.3, 0.4) is 0 Å². The van der Waals surface area contributed by atoms with Crippen LogP contribution in [0.2, 0.25) is 0 Å². The first-order valence-corrected chi connectivity index (χ1v) is 11.4. The zero-order valence-corrected chi connectivity index (χ0v) is 19.5. The summed E-state index contributed by atoms with van der Waals surface area (Å²) in [6.45, 7) is 14.8. The fourth-order valence-corrected chi connectivity index (χ4v) is 4.95. The molecule has 0 bridgehead atoms. The normalized spacial score (nSPS) is 27.3. The Bertz CT molecular complexity index is 942. The van der Waals surface area contributed by atoms with Gasteiger partial charge in [0.2, 0.25) is 0 Å². The van der Waals surface area contributed by atoms with Crippen molar-refractivity contribution >= 4 is 11.6 Å². The van der Waals surface area contributed by atoms with Crippen molar-refractivity contribution in [3.05, 3.63) is 71.1 Å². The fourth-order valence-electron chi connectivity index (χ4n) is 4.95. The molecule has 0 radical (unpaired) electrons. The minimum atomic E-state index is -0.278. The van der Waals surface area contributed by atoms with E-state index < -0.39 is 0 Å². The molecule has 1 aromatic carbocycles. The summed E-state index contributed by atoms with van der Waals surface area (Å²) in [6.07, 6.45) is 6.41. The number of Topliss-reactive ketones (excluding diaryl/α,β-unsaturated/α-hetero) is 2. The number of halogens is 1. The molecule has 0 aromatic heterocycles. The van der Waals surface area contributed by atoms with Gasteiger partial charge in [-0.2, -0.15) is 0 Å². The summed E-state index contributed by atoms with van der Waals surface area (Å²) >= 11 is 0. The smallest absolute Gasteiger partial charge is 0.160 e. The topological polar surface area (TPSA) is 34.1 Å². The lowest BCUT2D eigenvalue weighted by atomic mass is 9.62. The molecule has 0 heterocycles. The second kappa shape index (κ2) is 9.06. The highest BCUT2D eigenvalue weighted by Gasteiger charge is 2.41. The minimum absolute atomic E-state index is 0. The first-order valence-electron chi connectivity index (χ1n) is 11.4. The van der Waals surface area contributed by atoms with Gasteiger partial charge in [0.05, 0.1) is 0 Å². The number of hydrogen-bond donors (Lipinski definition) is 0. The van der Waals surface area contributed by atoms with Crippen molar-refractivity contribution in [2.24, 2.45) is 23.2 Å². The fraction of sp³-hybridized carbons (Fsp3) is 0.500. The highest BCUT2D eigenvalue weighted by Crippen LogP contribution is 2.47. The highest BCUT2D eigenvalue weighted by molar-refractivity contribution is 5.98. The molecule has 2 nitrogen and oxygen atoms in total. The predicted octanol–water partition coefficient (Wildman–Crippen LogP) is 7.47. The largest absolute Gasteiger partial charge is 0.299 e. The van der Waals surface area contributed by atoms with E-state index in [1.807, 2.05) is 32.1 Å². The zero-order chi connectivity index (χ0) is 22.9. The highest BCUT2D eigenvalue weighted by atomic mass is 19.1. The van der Waals surface area contributed by atoms with Gasteiger partial charge in [-0.05, 0) is 47.8 Å². The van der Waals surface area contributed by atoms with E-state index in [2.05, 4.69) is 27.4 Å². The van der Waals surface area contributed by atoms with Crippen molar-refractivity contribution in [2.75, 3.05) is 0 Å². The molecule has 4 atom stereocenters. The predicted molar refractivity (Wildman–Crippen MR) is 128 cm³/mol. The van der Waals surface area contributed by atoms with E-state index in [1.165, 1.54) is 12.1 Å². The van der Waals surface area contributed by atoms with Crippen LogP contribution >= 0.6 is 0 Å². The van der Waals surface area contributed by atoms with E-state index in [0.717, 1.165) is 28.7 Å². The van der Waals surface area contributed by atoms with Crippen molar-refractivity contribution in [2.45, 2.75) is 66.2 Å². The minimum Gasteiger partial charge on any atom is -0.299 e. The quantitative estimate of drug-likeness (QED) is 0.424. The van der Waals surface area contributed by atoms with Gasteiger partial charge in [-0.15, -0.1) is 0 Å². The van der Waals surface area contributed by atoms with Crippen LogP contribution in [0.15, 0.2) is 59.7 Å². The van der Waals surface area contributed by atoms with Gasteiger partial charge in [-0.1, -0.05) is 76.6 Å². The van der Waals surface area contributed by atoms with Crippen molar-refractivity contribution in [3.63, 3.8) is 0 Å². The average Bonchev–Trinajstić information content (AvgIpc) is 3.05. The average molecular weight is 427 g/mol. The van der Waals surface area contributed by atoms with Gasteiger partial charge in [-0.3, -0.25) is 9.59 Å². The number of allylic oxidation sites excluding steroid dienone is 5. The molecule has 0 N–H and O–H groups in total. The van der Waals surface area contributed by atoms with Crippen LogP contribution in [-0.2, 0) is 9.59 Å². The number of ketones is 2. The van der Waals surface area contributed by atoms with Crippen LogP contribution in [0.25, 0.3) is 0 Å². The first-order chi connectivity index (χ1) is 14.5. The van der Waals surface area contributed by atoms with Crippen molar-refractivity contribution in [3.8, 4) is 0 Å². The Hall–Kier alpha value is -2.29. The van der Waals surface area contributed by atoms with E-state index in [0.29, 0.717) is 25.2 Å². The number of benzene rings is 1. The van der Waals surface area contributed by atoms with Gasteiger partial charge in [0.25, 0.3) is 0 Å². The Kier molecular flexibility index (Phi) is 6.83. The first kappa shape index (κ1) is 23.4. The molecule has 31 heavy (non-hydrogen) atoms. The molecule has 1 aromatic rings. The summed E-state index contributed by atoms with van der Waals surface area (Å²) in [5.41, 5.74) is 3.78. The second-order valence-electron chi connectivity index (χ2n) is 10.2. The van der Waals surface area contributed by atoms with Crippen LogP contribution in [0.1, 0.15) is 74.6 Å². The Morgan fingerprint density at radius 2 is 1.97 bits per heavy atom. The summed E-state index contributed by atoms with van der Waals surface area (Å²) in [7, 11) is 0. The van der Waals surface area contributed by atoms with E-state index in [-0.39, 0.29) is 43.4 Å². The van der Waals surface area contributed by atoms with Crippen LogP contribution < -0.4 is 0 Å². The SMILES string of the molecule is C=C1C[C@](C)(C(C)C)CC(=O)C1CC1=CC=C(C(=O)C[C@@H](C)c2cccc(F)c2)C1C.[HH].[HH]. The Labute approximate surface area is 189 Å². The lowest BCUT2D eigenvalue weighted by Crippen LogP contribution is -2.37. The van der Waals surface area contributed by atoms with Crippen LogP contribution in [0, 0.1) is 29.0 Å². The maximum absolute atomic E-state index is 13.5. The molecule has 1 fully saturated rings. The molecule has 170 valence electrons. The maximum atomic E-state index is 13.5. The summed E-state index contributed by atoms with van der Waals surface area (Å²) < 4.78 is 13.5. The third-order valence-electron chi connectivity index (χ3n) is 7.66. The zero-order valence-electron chi connectivity index (χ0n) is 19.5. The number of carbonyl (C=O) groups is 2. The van der Waals surface area contributed by atoms with Gasteiger partial charge in [0.1, 0.15) is 11.6 Å². The van der Waals surface area contributed by atoms with Crippen molar-refractivity contribution in [1.82, 2.24) is 0 Å². The third-order valence-corrected chi connectivity index (χ3v) is 7.66. The molecule has 0 saturated heterocycles. The molecular formula is C28H39FO2. The Morgan fingerprint density at radius 3 is 2.58 bits per heavy atom. The molecule has 0 aliphatic heterocycles. The van der Waals surface area contributed by atoms with Gasteiger partial charge in [-0.25, -0.2) is 4.39 Å². The molecule has 2 aliphatic carbocycles. The van der Waals surface area contributed by atoms with Gasteiger partial charge in [0.15, 0.2) is 5.78 Å². The number of rotatable bonds is 7. The van der Waals surface area contributed by atoms with Gasteiger partial charge < -0.3 is 0 Å². The monoisotopic (exact) mass is 426 g/mol. The van der Waals surface area contributed by atoms with Crippen LogP contribution in [0.4, 0.5) is 4.39 Å². The maximum Gasteiger partial charge on any atom is 0.160 e. The molecule has 3 rings (SSSR count). The molecule has 3 heteroatoms. The molecular weight excluding hydrogens is 387 g/mol. The van der Waals surface area contributed by atoms with Crippen LogP contribution in [-0.4, -0.2) is 11.6 Å².